The summed E-state index contributed by atoms with van der Waals surface area (Å²) in [5.74, 6) is -0.434. The number of oxazole rings is 1. The number of halogens is 1. The number of nitrogens with zero attached hydrogens (tertiary/aromatic N) is 2. The van der Waals surface area contributed by atoms with Crippen LogP contribution in [0.4, 0.5) is 5.69 Å². The number of methoxy groups -OCH3 is 1. The van der Waals surface area contributed by atoms with Crippen molar-refractivity contribution in [2.75, 3.05) is 19.0 Å². The Morgan fingerprint density at radius 3 is 2.87 bits per heavy atom. The van der Waals surface area contributed by atoms with Gasteiger partial charge in [0.2, 0.25) is 11.7 Å². The lowest BCUT2D eigenvalue weighted by Gasteiger charge is -2.19. The maximum atomic E-state index is 12.7. The lowest BCUT2D eigenvalue weighted by Crippen LogP contribution is -2.40. The Balaban J connectivity index is 1.56. The molecule has 0 spiro atoms. The number of amidine groups is 1. The highest BCUT2D eigenvalue weighted by Crippen LogP contribution is 2.30. The van der Waals surface area contributed by atoms with Crippen LogP contribution < -0.4 is 15.4 Å². The van der Waals surface area contributed by atoms with E-state index in [0.29, 0.717) is 11.6 Å². The van der Waals surface area contributed by atoms with Crippen molar-refractivity contribution in [1.29, 1.82) is 0 Å². The van der Waals surface area contributed by atoms with Crippen LogP contribution >= 0.6 is 11.6 Å². The third-order valence-corrected chi connectivity index (χ3v) is 6.17. The SMILES string of the molecule is COc1cccc(C(CNC(=O)C2=NS(=O)(=O)c3cc(Cl)ccc3N2)c2ncco2)c1. The van der Waals surface area contributed by atoms with Crippen LogP contribution in [-0.4, -0.2) is 38.8 Å². The number of aromatic nitrogens is 1. The highest BCUT2D eigenvalue weighted by molar-refractivity contribution is 7.90. The number of sulfonamides is 1. The van der Waals surface area contributed by atoms with Gasteiger partial charge in [0.05, 0.1) is 24.9 Å². The second-order valence-electron chi connectivity index (χ2n) is 6.59. The van der Waals surface area contributed by atoms with Crippen molar-refractivity contribution in [3.05, 3.63) is 71.4 Å². The van der Waals surface area contributed by atoms with Gasteiger partial charge in [-0.05, 0) is 35.9 Å². The third kappa shape index (κ3) is 4.39. The smallest absolute Gasteiger partial charge is 0.287 e. The van der Waals surface area contributed by atoms with Gasteiger partial charge >= 0.3 is 0 Å². The van der Waals surface area contributed by atoms with E-state index in [1.807, 2.05) is 18.2 Å². The molecule has 1 aliphatic rings. The molecule has 0 saturated carbocycles. The number of carbonyl (C=O) groups is 1. The zero-order valence-electron chi connectivity index (χ0n) is 16.2. The van der Waals surface area contributed by atoms with Gasteiger partial charge in [0.25, 0.3) is 15.9 Å². The van der Waals surface area contributed by atoms with Crippen LogP contribution in [-0.2, 0) is 14.8 Å². The van der Waals surface area contributed by atoms with Gasteiger partial charge in [-0.1, -0.05) is 23.7 Å². The minimum absolute atomic E-state index is 0.0841. The molecule has 3 aromatic rings. The number of carbonyl (C=O) groups excluding carboxylic acids is 1. The van der Waals surface area contributed by atoms with E-state index < -0.39 is 21.8 Å². The van der Waals surface area contributed by atoms with Crippen LogP contribution in [0.3, 0.4) is 0 Å². The summed E-state index contributed by atoms with van der Waals surface area (Å²) < 4.78 is 39.2. The Morgan fingerprint density at radius 1 is 1.29 bits per heavy atom. The van der Waals surface area contributed by atoms with Crippen molar-refractivity contribution < 1.29 is 22.4 Å². The van der Waals surface area contributed by atoms with Gasteiger partial charge in [0, 0.05) is 11.6 Å². The summed E-state index contributed by atoms with van der Waals surface area (Å²) in [7, 11) is -2.51. The lowest BCUT2D eigenvalue weighted by atomic mass is 9.98. The largest absolute Gasteiger partial charge is 0.497 e. The fourth-order valence-electron chi connectivity index (χ4n) is 3.12. The molecule has 0 bridgehead atoms. The highest BCUT2D eigenvalue weighted by Gasteiger charge is 2.29. The molecule has 0 saturated heterocycles. The molecule has 0 aliphatic carbocycles. The van der Waals surface area contributed by atoms with E-state index in [-0.39, 0.29) is 28.0 Å². The Labute approximate surface area is 183 Å². The number of fused-ring (bicyclic) bond motifs is 1. The predicted octanol–water partition coefficient (Wildman–Crippen LogP) is 2.80. The Bertz CT molecular complexity index is 1260. The van der Waals surface area contributed by atoms with Crippen molar-refractivity contribution in [2.45, 2.75) is 10.8 Å². The van der Waals surface area contributed by atoms with Gasteiger partial charge in [0.1, 0.15) is 16.9 Å². The van der Waals surface area contributed by atoms with E-state index in [2.05, 4.69) is 20.0 Å². The topological polar surface area (TPSA) is 123 Å². The number of benzene rings is 2. The number of rotatable bonds is 6. The van der Waals surface area contributed by atoms with E-state index in [1.165, 1.54) is 30.7 Å². The van der Waals surface area contributed by atoms with Gasteiger partial charge in [-0.2, -0.15) is 8.42 Å². The number of nitrogens with one attached hydrogen (secondary N) is 2. The summed E-state index contributed by atoms with van der Waals surface area (Å²) in [6.07, 6.45) is 2.94. The van der Waals surface area contributed by atoms with Gasteiger partial charge in [-0.3, -0.25) is 4.79 Å². The summed E-state index contributed by atoms with van der Waals surface area (Å²) >= 11 is 5.87. The molecule has 1 aliphatic heterocycles. The zero-order chi connectivity index (χ0) is 22.0. The molecular formula is C20H17ClN4O5S. The van der Waals surface area contributed by atoms with Crippen LogP contribution in [0.2, 0.25) is 5.02 Å². The Kier molecular flexibility index (Phi) is 5.66. The number of amides is 1. The van der Waals surface area contributed by atoms with Crippen molar-refractivity contribution in [2.24, 2.45) is 4.40 Å². The van der Waals surface area contributed by atoms with Crippen molar-refractivity contribution in [3.63, 3.8) is 0 Å². The minimum atomic E-state index is -4.07. The van der Waals surface area contributed by atoms with E-state index >= 15 is 0 Å². The first-order valence-corrected chi connectivity index (χ1v) is 10.9. The fraction of sp³-hybridized carbons (Fsp3) is 0.150. The highest BCUT2D eigenvalue weighted by atomic mass is 35.5. The van der Waals surface area contributed by atoms with Crippen LogP contribution in [0.5, 0.6) is 5.75 Å². The monoisotopic (exact) mass is 460 g/mol. The van der Waals surface area contributed by atoms with E-state index in [4.69, 9.17) is 20.8 Å². The van der Waals surface area contributed by atoms with Crippen molar-refractivity contribution >= 4 is 39.1 Å². The molecule has 1 atom stereocenters. The lowest BCUT2D eigenvalue weighted by molar-refractivity contribution is -0.114. The van der Waals surface area contributed by atoms with E-state index in [1.54, 1.807) is 13.2 Å². The van der Waals surface area contributed by atoms with Crippen LogP contribution in [0.25, 0.3) is 0 Å². The first kappa shape index (κ1) is 20.9. The molecule has 2 aromatic carbocycles. The summed E-state index contributed by atoms with van der Waals surface area (Å²) in [6, 6.07) is 11.5. The van der Waals surface area contributed by atoms with Gasteiger partial charge in [-0.25, -0.2) is 4.98 Å². The summed E-state index contributed by atoms with van der Waals surface area (Å²) in [4.78, 5) is 16.8. The number of hydrogen-bond acceptors (Lipinski definition) is 7. The second-order valence-corrected chi connectivity index (χ2v) is 8.60. The standard InChI is InChI=1S/C20H17ClN4O5S/c1-29-14-4-2-3-12(9-14)15(20-22-7-8-30-20)11-23-19(26)18-24-16-6-5-13(21)10-17(16)31(27,28)25-18/h2-10,15H,11H2,1H3,(H,23,26)(H,24,25). The van der Waals surface area contributed by atoms with Crippen LogP contribution in [0.1, 0.15) is 17.4 Å². The van der Waals surface area contributed by atoms with Crippen LogP contribution in [0.15, 0.2) is 68.6 Å². The molecule has 160 valence electrons. The molecule has 9 nitrogen and oxygen atoms in total. The fourth-order valence-corrected chi connectivity index (χ4v) is 4.50. The van der Waals surface area contributed by atoms with Gasteiger partial charge in [0.15, 0.2) is 0 Å². The molecule has 11 heteroatoms. The third-order valence-electron chi connectivity index (χ3n) is 4.61. The van der Waals surface area contributed by atoms with E-state index in [0.717, 1.165) is 5.56 Å². The molecule has 0 fully saturated rings. The second kappa shape index (κ2) is 8.40. The van der Waals surface area contributed by atoms with Crippen molar-refractivity contribution in [1.82, 2.24) is 10.3 Å². The average Bonchev–Trinajstić information content (AvgIpc) is 3.28. The van der Waals surface area contributed by atoms with Crippen LogP contribution in [0, 0.1) is 0 Å². The molecule has 1 unspecified atom stereocenters. The molecular weight excluding hydrogens is 444 g/mol. The molecule has 1 amide bonds. The minimum Gasteiger partial charge on any atom is -0.497 e. The van der Waals surface area contributed by atoms with Gasteiger partial charge in [-0.15, -0.1) is 4.40 Å². The average molecular weight is 461 g/mol. The van der Waals surface area contributed by atoms with Crippen molar-refractivity contribution in [3.8, 4) is 5.75 Å². The summed E-state index contributed by atoms with van der Waals surface area (Å²) in [6.45, 7) is 0.0841. The first-order chi connectivity index (χ1) is 14.9. The quantitative estimate of drug-likeness (QED) is 0.579. The normalized spacial score (nSPS) is 15.2. The van der Waals surface area contributed by atoms with E-state index in [9.17, 15) is 13.2 Å². The Hall–Kier alpha value is -3.37. The first-order valence-electron chi connectivity index (χ1n) is 9.10. The maximum Gasteiger partial charge on any atom is 0.287 e. The molecule has 4 rings (SSSR count). The zero-order valence-corrected chi connectivity index (χ0v) is 17.8. The maximum absolute atomic E-state index is 12.7. The molecule has 2 N–H and O–H groups in total. The Morgan fingerprint density at radius 2 is 2.13 bits per heavy atom. The molecule has 0 radical (unpaired) electrons. The summed E-state index contributed by atoms with van der Waals surface area (Å²) in [5.41, 5.74) is 1.02. The summed E-state index contributed by atoms with van der Waals surface area (Å²) in [5, 5.41) is 5.68. The molecule has 31 heavy (non-hydrogen) atoms. The molecule has 2 heterocycles. The number of anilines is 1. The number of ether oxygens (including phenoxy) is 1. The number of hydrogen-bond donors (Lipinski definition) is 2. The predicted molar refractivity (Wildman–Crippen MR) is 114 cm³/mol. The molecule has 1 aromatic heterocycles. The van der Waals surface area contributed by atoms with Gasteiger partial charge < -0.3 is 19.8 Å².